The van der Waals surface area contributed by atoms with Crippen molar-refractivity contribution in [3.8, 4) is 0 Å². The Bertz CT molecular complexity index is 522. The van der Waals surface area contributed by atoms with Crippen molar-refractivity contribution in [1.82, 2.24) is 4.90 Å². The minimum Gasteiger partial charge on any atom is -0.298 e. The van der Waals surface area contributed by atoms with Crippen molar-refractivity contribution in [3.63, 3.8) is 0 Å². The van der Waals surface area contributed by atoms with Crippen LogP contribution in [0.4, 0.5) is 0 Å². The molecule has 0 N–H and O–H groups in total. The predicted octanol–water partition coefficient (Wildman–Crippen LogP) is 3.56. The first kappa shape index (κ1) is 14.4. The van der Waals surface area contributed by atoms with E-state index in [-0.39, 0.29) is 18.6 Å². The molecular weight excluding hydrogens is 281 g/mol. The van der Waals surface area contributed by atoms with Crippen molar-refractivity contribution >= 4 is 0 Å². The van der Waals surface area contributed by atoms with Crippen LogP contribution >= 0.6 is 0 Å². The molecule has 3 aliphatic rings. The Morgan fingerprint density at radius 2 is 2.10 bits per heavy atom. The summed E-state index contributed by atoms with van der Waals surface area (Å²) in [4.78, 5) is 2.70. The average molecular weight is 304 g/mol. The van der Waals surface area contributed by atoms with E-state index in [2.05, 4.69) is 42.2 Å². The molecule has 0 amide bonds. The van der Waals surface area contributed by atoms with E-state index in [0.29, 0.717) is 0 Å². The molecule has 0 aromatic heterocycles. The molecule has 3 unspecified atom stereocenters. The van der Waals surface area contributed by atoms with Gasteiger partial charge in [-0.3, -0.25) is 4.90 Å². The van der Waals surface area contributed by atoms with Gasteiger partial charge in [0.2, 0.25) is 0 Å². The predicted molar refractivity (Wildman–Crippen MR) is 79.0 cm³/mol. The molecule has 1 aromatic rings. The largest absolute Gasteiger partial charge is 0.298 e. The molecule has 105 valence electrons. The molecule has 3 atom stereocenters. The van der Waals surface area contributed by atoms with Gasteiger partial charge in [0.05, 0.1) is 0 Å². The van der Waals surface area contributed by atoms with E-state index in [1.165, 1.54) is 44.5 Å². The third-order valence-corrected chi connectivity index (χ3v) is 5.49. The topological polar surface area (TPSA) is 3.24 Å². The molecule has 1 nitrogen and oxygen atoms in total. The van der Waals surface area contributed by atoms with Crippen molar-refractivity contribution in [2.24, 2.45) is 17.8 Å². The van der Waals surface area contributed by atoms with Crippen LogP contribution in [0.5, 0.6) is 0 Å². The van der Waals surface area contributed by atoms with Gasteiger partial charge < -0.3 is 0 Å². The Kier molecular flexibility index (Phi) is 4.13. The number of hydrogen-bond acceptors (Lipinski definition) is 1. The van der Waals surface area contributed by atoms with E-state index >= 15 is 0 Å². The molecular formula is C18H23NV. The van der Waals surface area contributed by atoms with Crippen molar-refractivity contribution in [2.45, 2.75) is 32.7 Å². The van der Waals surface area contributed by atoms with Gasteiger partial charge in [-0.25, -0.2) is 0 Å². The Morgan fingerprint density at radius 3 is 2.85 bits per heavy atom. The Labute approximate surface area is 134 Å². The molecule has 4 rings (SSSR count). The van der Waals surface area contributed by atoms with Crippen LogP contribution in [0.1, 0.15) is 29.5 Å². The number of benzene rings is 1. The van der Waals surface area contributed by atoms with Crippen LogP contribution in [-0.2, 0) is 31.5 Å². The maximum atomic E-state index is 2.70. The number of nitrogens with zero attached hydrogens (tertiary/aromatic N) is 1. The Morgan fingerprint density at radius 1 is 1.20 bits per heavy atom. The fourth-order valence-corrected chi connectivity index (χ4v) is 4.45. The Balaban J connectivity index is 0.00000121. The molecule has 1 radical (unpaired) electrons. The molecule has 1 aromatic carbocycles. The number of rotatable bonds is 2. The normalized spacial score (nSPS) is 31.1. The number of fused-ring (bicyclic) bond motifs is 3. The zero-order valence-corrected chi connectivity index (χ0v) is 13.7. The maximum absolute atomic E-state index is 2.70. The van der Waals surface area contributed by atoms with Crippen molar-refractivity contribution < 1.29 is 18.6 Å². The summed E-state index contributed by atoms with van der Waals surface area (Å²) in [6.07, 6.45) is 9.07. The fourth-order valence-electron chi connectivity index (χ4n) is 4.45. The minimum atomic E-state index is 0. The smallest absolute Gasteiger partial charge is 0.0236 e. The van der Waals surface area contributed by atoms with Gasteiger partial charge in [0.25, 0.3) is 0 Å². The average Bonchev–Trinajstić information content (AvgIpc) is 3.01. The summed E-state index contributed by atoms with van der Waals surface area (Å²) in [6.45, 7) is 6.01. The zero-order chi connectivity index (χ0) is 12.8. The summed E-state index contributed by atoms with van der Waals surface area (Å²) in [5.41, 5.74) is 4.68. The van der Waals surface area contributed by atoms with Gasteiger partial charge in [-0.2, -0.15) is 0 Å². The van der Waals surface area contributed by atoms with Crippen LogP contribution in [0, 0.1) is 24.7 Å². The molecule has 0 saturated heterocycles. The second kappa shape index (κ2) is 5.71. The van der Waals surface area contributed by atoms with Gasteiger partial charge >= 0.3 is 0 Å². The molecule has 1 aliphatic heterocycles. The fraction of sp³-hybridized carbons (Fsp3) is 0.556. The molecule has 20 heavy (non-hydrogen) atoms. The van der Waals surface area contributed by atoms with Crippen LogP contribution < -0.4 is 0 Å². The van der Waals surface area contributed by atoms with Crippen LogP contribution in [-0.4, -0.2) is 18.0 Å². The summed E-state index contributed by atoms with van der Waals surface area (Å²) in [5.74, 6) is 2.74. The summed E-state index contributed by atoms with van der Waals surface area (Å²) < 4.78 is 0. The third-order valence-electron chi connectivity index (χ3n) is 5.49. The summed E-state index contributed by atoms with van der Waals surface area (Å²) >= 11 is 0. The number of allylic oxidation sites excluding steroid dienone is 2. The molecule has 1 saturated carbocycles. The van der Waals surface area contributed by atoms with E-state index in [1.54, 1.807) is 11.1 Å². The summed E-state index contributed by atoms with van der Waals surface area (Å²) in [6, 6.07) is 6.81. The summed E-state index contributed by atoms with van der Waals surface area (Å²) in [7, 11) is 0. The van der Waals surface area contributed by atoms with Crippen molar-refractivity contribution in [3.05, 3.63) is 47.0 Å². The van der Waals surface area contributed by atoms with Gasteiger partial charge in [-0.1, -0.05) is 30.4 Å². The molecule has 1 fully saturated rings. The number of hydrogen-bond donors (Lipinski definition) is 0. The van der Waals surface area contributed by atoms with Gasteiger partial charge in [0, 0.05) is 38.2 Å². The molecule has 2 aliphatic carbocycles. The molecule has 1 heterocycles. The van der Waals surface area contributed by atoms with Crippen LogP contribution in [0.25, 0.3) is 0 Å². The van der Waals surface area contributed by atoms with Gasteiger partial charge in [0.15, 0.2) is 0 Å². The molecule has 2 bridgehead atoms. The van der Waals surface area contributed by atoms with E-state index < -0.39 is 0 Å². The zero-order valence-electron chi connectivity index (χ0n) is 12.3. The second-order valence-electron chi connectivity index (χ2n) is 6.74. The quantitative estimate of drug-likeness (QED) is 0.755. The number of aryl methyl sites for hydroxylation is 1. The van der Waals surface area contributed by atoms with Crippen molar-refractivity contribution in [2.75, 3.05) is 13.1 Å². The maximum Gasteiger partial charge on any atom is 0.0236 e. The SMILES string of the molecule is Cc1cccc2c1CCN(CC1CC3C=CC1C3)C2.[V]. The van der Waals surface area contributed by atoms with Crippen LogP contribution in [0.3, 0.4) is 0 Å². The van der Waals surface area contributed by atoms with Gasteiger partial charge in [-0.15, -0.1) is 0 Å². The van der Waals surface area contributed by atoms with Gasteiger partial charge in [0.1, 0.15) is 0 Å². The first-order valence-electron chi connectivity index (χ1n) is 7.77. The van der Waals surface area contributed by atoms with E-state index in [4.69, 9.17) is 0 Å². The third kappa shape index (κ3) is 2.52. The van der Waals surface area contributed by atoms with Crippen LogP contribution in [0.2, 0.25) is 0 Å². The van der Waals surface area contributed by atoms with E-state index in [9.17, 15) is 0 Å². The first-order valence-corrected chi connectivity index (χ1v) is 7.77. The Hall–Kier alpha value is -0.496. The van der Waals surface area contributed by atoms with E-state index in [0.717, 1.165) is 17.8 Å². The van der Waals surface area contributed by atoms with E-state index in [1.807, 2.05) is 0 Å². The van der Waals surface area contributed by atoms with Crippen LogP contribution in [0.15, 0.2) is 30.4 Å². The summed E-state index contributed by atoms with van der Waals surface area (Å²) in [5, 5.41) is 0. The monoisotopic (exact) mass is 304 g/mol. The first-order chi connectivity index (χ1) is 9.29. The minimum absolute atomic E-state index is 0. The molecule has 2 heteroatoms. The second-order valence-corrected chi connectivity index (χ2v) is 6.74. The standard InChI is InChI=1S/C18H23N.V/c1-13-3-2-4-16-11-19(8-7-18(13)16)12-17-10-14-5-6-15(17)9-14;/h2-6,14-15,17H,7-12H2,1H3;. The van der Waals surface area contributed by atoms with Crippen molar-refractivity contribution in [1.29, 1.82) is 0 Å². The van der Waals surface area contributed by atoms with Gasteiger partial charge in [-0.05, 0) is 60.6 Å². The molecule has 0 spiro atoms.